The Morgan fingerprint density at radius 2 is 2.00 bits per heavy atom. The number of rotatable bonds is 2. The summed E-state index contributed by atoms with van der Waals surface area (Å²) in [5.74, 6) is 0.711. The fourth-order valence-electron chi connectivity index (χ4n) is 1.34. The fourth-order valence-corrected chi connectivity index (χ4v) is 1.34. The van der Waals surface area contributed by atoms with E-state index in [9.17, 15) is 0 Å². The first-order valence-electron chi connectivity index (χ1n) is 4.12. The molecule has 0 saturated carbocycles. The molecule has 2 heterocycles. The van der Waals surface area contributed by atoms with Gasteiger partial charge in [0.1, 0.15) is 0 Å². The smallest absolute Gasteiger partial charge is 0.194 e. The highest BCUT2D eigenvalue weighted by Crippen LogP contribution is 2.07. The summed E-state index contributed by atoms with van der Waals surface area (Å²) in [6.07, 6.45) is 0. The third-order valence-electron chi connectivity index (χ3n) is 2.11. The van der Waals surface area contributed by atoms with E-state index < -0.39 is 0 Å². The molecular weight excluding hydrogens is 166 g/mol. The lowest BCUT2D eigenvalue weighted by Gasteiger charge is -2.04. The second-order valence-corrected chi connectivity index (χ2v) is 3.03. The van der Waals surface area contributed by atoms with Gasteiger partial charge in [-0.2, -0.15) is 5.21 Å². The maximum absolute atomic E-state index is 3.91. The van der Waals surface area contributed by atoms with Crippen LogP contribution >= 0.6 is 0 Å². The van der Waals surface area contributed by atoms with Gasteiger partial charge >= 0.3 is 0 Å². The number of aromatic nitrogens is 5. The average Bonchev–Trinajstić information content (AvgIpc) is 2.70. The summed E-state index contributed by atoms with van der Waals surface area (Å²) in [5, 5.41) is 13.8. The minimum absolute atomic E-state index is 0.682. The molecule has 0 aliphatic rings. The van der Waals surface area contributed by atoms with Crippen molar-refractivity contribution >= 4 is 0 Å². The summed E-state index contributed by atoms with van der Waals surface area (Å²) in [7, 11) is 0. The number of tetrazole rings is 1. The molecule has 0 bridgehead atoms. The Morgan fingerprint density at radius 1 is 1.31 bits per heavy atom. The van der Waals surface area contributed by atoms with Crippen LogP contribution in [0, 0.1) is 13.8 Å². The second kappa shape index (κ2) is 3.01. The SMILES string of the molecule is Cc1ccc(C)n1Cc1nn[nH]n1. The molecule has 2 aromatic rings. The monoisotopic (exact) mass is 177 g/mol. The van der Waals surface area contributed by atoms with Gasteiger partial charge in [-0.25, -0.2) is 0 Å². The van der Waals surface area contributed by atoms with Crippen molar-refractivity contribution in [1.29, 1.82) is 0 Å². The molecule has 0 fully saturated rings. The Kier molecular flexibility index (Phi) is 1.84. The van der Waals surface area contributed by atoms with Crippen LogP contribution in [0.2, 0.25) is 0 Å². The number of H-pyrrole nitrogens is 1. The van der Waals surface area contributed by atoms with Gasteiger partial charge in [0.25, 0.3) is 0 Å². The average molecular weight is 177 g/mol. The normalized spacial score (nSPS) is 10.6. The van der Waals surface area contributed by atoms with Crippen molar-refractivity contribution in [3.8, 4) is 0 Å². The molecule has 2 rings (SSSR count). The zero-order valence-corrected chi connectivity index (χ0v) is 7.65. The number of nitrogens with zero attached hydrogens (tertiary/aromatic N) is 4. The molecule has 0 radical (unpaired) electrons. The lowest BCUT2D eigenvalue weighted by atomic mass is 10.5. The summed E-state index contributed by atoms with van der Waals surface area (Å²) in [4.78, 5) is 0. The highest BCUT2D eigenvalue weighted by molar-refractivity contribution is 5.14. The molecule has 5 heteroatoms. The topological polar surface area (TPSA) is 59.4 Å². The molecule has 0 saturated heterocycles. The van der Waals surface area contributed by atoms with Gasteiger partial charge in [-0.15, -0.1) is 10.2 Å². The van der Waals surface area contributed by atoms with Crippen LogP contribution < -0.4 is 0 Å². The first-order chi connectivity index (χ1) is 6.27. The lowest BCUT2D eigenvalue weighted by molar-refractivity contribution is 0.709. The van der Waals surface area contributed by atoms with E-state index in [2.05, 4.69) is 51.2 Å². The van der Waals surface area contributed by atoms with E-state index in [1.807, 2.05) is 0 Å². The molecule has 1 N–H and O–H groups in total. The number of aromatic amines is 1. The summed E-state index contributed by atoms with van der Waals surface area (Å²) >= 11 is 0. The van der Waals surface area contributed by atoms with E-state index in [1.165, 1.54) is 11.4 Å². The van der Waals surface area contributed by atoms with Crippen LogP contribution in [0.15, 0.2) is 12.1 Å². The Morgan fingerprint density at radius 3 is 2.54 bits per heavy atom. The Balaban J connectivity index is 2.27. The van der Waals surface area contributed by atoms with Crippen molar-refractivity contribution < 1.29 is 0 Å². The van der Waals surface area contributed by atoms with Gasteiger partial charge in [-0.1, -0.05) is 5.21 Å². The molecule has 68 valence electrons. The summed E-state index contributed by atoms with van der Waals surface area (Å²) < 4.78 is 2.14. The maximum Gasteiger partial charge on any atom is 0.194 e. The van der Waals surface area contributed by atoms with E-state index in [0.717, 1.165) is 0 Å². The number of aryl methyl sites for hydroxylation is 2. The summed E-state index contributed by atoms with van der Waals surface area (Å²) in [5.41, 5.74) is 2.42. The summed E-state index contributed by atoms with van der Waals surface area (Å²) in [6, 6.07) is 4.16. The van der Waals surface area contributed by atoms with Gasteiger partial charge in [-0.05, 0) is 26.0 Å². The van der Waals surface area contributed by atoms with Crippen LogP contribution in [0.5, 0.6) is 0 Å². The highest BCUT2D eigenvalue weighted by atomic mass is 15.5. The van der Waals surface area contributed by atoms with Crippen LogP contribution in [-0.2, 0) is 6.54 Å². The van der Waals surface area contributed by atoms with Gasteiger partial charge in [0, 0.05) is 11.4 Å². The molecule has 0 spiro atoms. The molecule has 13 heavy (non-hydrogen) atoms. The zero-order valence-electron chi connectivity index (χ0n) is 7.65. The van der Waals surface area contributed by atoms with Gasteiger partial charge in [0.05, 0.1) is 6.54 Å². The number of hydrogen-bond acceptors (Lipinski definition) is 3. The molecule has 0 aliphatic carbocycles. The standard InChI is InChI=1S/C8H11N5/c1-6-3-4-7(2)13(6)5-8-9-11-12-10-8/h3-4H,5H2,1-2H3,(H,9,10,11,12). The zero-order chi connectivity index (χ0) is 9.26. The van der Waals surface area contributed by atoms with Gasteiger partial charge in [0.15, 0.2) is 5.82 Å². The van der Waals surface area contributed by atoms with Crippen molar-refractivity contribution in [2.45, 2.75) is 20.4 Å². The Bertz CT molecular complexity index is 367. The maximum atomic E-state index is 3.91. The van der Waals surface area contributed by atoms with E-state index in [-0.39, 0.29) is 0 Å². The molecular formula is C8H11N5. The van der Waals surface area contributed by atoms with Crippen molar-refractivity contribution in [2.75, 3.05) is 0 Å². The predicted molar refractivity (Wildman–Crippen MR) is 47.2 cm³/mol. The van der Waals surface area contributed by atoms with Crippen LogP contribution in [0.1, 0.15) is 17.2 Å². The van der Waals surface area contributed by atoms with Crippen LogP contribution in [-0.4, -0.2) is 25.2 Å². The minimum Gasteiger partial charge on any atom is -0.341 e. The quantitative estimate of drug-likeness (QED) is 0.733. The first-order valence-corrected chi connectivity index (χ1v) is 4.12. The number of nitrogens with one attached hydrogen (secondary N) is 1. The molecule has 0 unspecified atom stereocenters. The van der Waals surface area contributed by atoms with Crippen molar-refractivity contribution in [2.24, 2.45) is 0 Å². The van der Waals surface area contributed by atoms with E-state index in [4.69, 9.17) is 0 Å². The minimum atomic E-state index is 0.682. The summed E-state index contributed by atoms with van der Waals surface area (Å²) in [6.45, 7) is 4.81. The van der Waals surface area contributed by atoms with Gasteiger partial charge < -0.3 is 4.57 Å². The number of hydrogen-bond donors (Lipinski definition) is 1. The Labute approximate surface area is 75.8 Å². The van der Waals surface area contributed by atoms with Crippen molar-refractivity contribution in [1.82, 2.24) is 25.2 Å². The molecule has 2 aromatic heterocycles. The lowest BCUT2D eigenvalue weighted by Crippen LogP contribution is -2.05. The van der Waals surface area contributed by atoms with E-state index in [0.29, 0.717) is 12.4 Å². The first kappa shape index (κ1) is 7.97. The third-order valence-corrected chi connectivity index (χ3v) is 2.11. The highest BCUT2D eigenvalue weighted by Gasteiger charge is 2.04. The van der Waals surface area contributed by atoms with E-state index >= 15 is 0 Å². The van der Waals surface area contributed by atoms with Crippen molar-refractivity contribution in [3.05, 3.63) is 29.3 Å². The second-order valence-electron chi connectivity index (χ2n) is 3.03. The van der Waals surface area contributed by atoms with Gasteiger partial charge in [0.2, 0.25) is 0 Å². The third kappa shape index (κ3) is 1.44. The molecule has 0 amide bonds. The van der Waals surface area contributed by atoms with Crippen molar-refractivity contribution in [3.63, 3.8) is 0 Å². The largest absolute Gasteiger partial charge is 0.341 e. The molecule has 0 aromatic carbocycles. The van der Waals surface area contributed by atoms with Crippen LogP contribution in [0.25, 0.3) is 0 Å². The van der Waals surface area contributed by atoms with Gasteiger partial charge in [-0.3, -0.25) is 0 Å². The molecule has 0 atom stereocenters. The molecule has 0 aliphatic heterocycles. The Hall–Kier alpha value is -1.65. The fraction of sp³-hybridized carbons (Fsp3) is 0.375. The van der Waals surface area contributed by atoms with Crippen LogP contribution in [0.3, 0.4) is 0 Å². The van der Waals surface area contributed by atoms with Crippen LogP contribution in [0.4, 0.5) is 0 Å². The van der Waals surface area contributed by atoms with E-state index in [1.54, 1.807) is 0 Å². The molecule has 5 nitrogen and oxygen atoms in total. The predicted octanol–water partition coefficient (Wildman–Crippen LogP) is 0.666.